The van der Waals surface area contributed by atoms with Crippen LogP contribution in [0.25, 0.3) is 0 Å². The van der Waals surface area contributed by atoms with Gasteiger partial charge in [-0.05, 0) is 44.2 Å². The van der Waals surface area contributed by atoms with E-state index in [1.165, 1.54) is 6.07 Å². The molecule has 0 spiro atoms. The second-order valence-electron chi connectivity index (χ2n) is 7.18. The maximum absolute atomic E-state index is 13.7. The summed E-state index contributed by atoms with van der Waals surface area (Å²) in [6.07, 6.45) is 4.55. The van der Waals surface area contributed by atoms with Crippen LogP contribution in [-0.2, 0) is 28.9 Å². The Balaban J connectivity index is 1.46. The number of halogens is 2. The molecule has 1 unspecified atom stereocenters. The number of nitrogens with one attached hydrogen (secondary N) is 1. The third kappa shape index (κ3) is 4.51. The van der Waals surface area contributed by atoms with E-state index in [0.29, 0.717) is 17.6 Å². The van der Waals surface area contributed by atoms with E-state index in [1.807, 2.05) is 0 Å². The van der Waals surface area contributed by atoms with Crippen molar-refractivity contribution in [2.45, 2.75) is 49.8 Å². The number of amides is 1. The summed E-state index contributed by atoms with van der Waals surface area (Å²) in [6, 6.07) is 2.97. The van der Waals surface area contributed by atoms with E-state index in [0.717, 1.165) is 67.8 Å². The van der Waals surface area contributed by atoms with Crippen molar-refractivity contribution in [3.05, 3.63) is 51.6 Å². The first-order valence-corrected chi connectivity index (χ1v) is 10.6. The molecule has 1 aromatic heterocycles. The SMILES string of the molecule is O=C(CSc1nc(=O)n(CC2CCCO2)c2c1CCC2)Nc1ccc(F)cc1F. The van der Waals surface area contributed by atoms with Crippen LogP contribution >= 0.6 is 11.8 Å². The number of carbonyl (C=O) groups excluding carboxylic acids is 1. The van der Waals surface area contributed by atoms with Gasteiger partial charge in [-0.3, -0.25) is 9.36 Å². The lowest BCUT2D eigenvalue weighted by Crippen LogP contribution is -2.31. The molecule has 1 aliphatic heterocycles. The number of thioether (sulfide) groups is 1. The molecule has 1 atom stereocenters. The van der Waals surface area contributed by atoms with Crippen molar-refractivity contribution in [1.29, 1.82) is 0 Å². The fourth-order valence-corrected chi connectivity index (χ4v) is 4.67. The molecule has 9 heteroatoms. The summed E-state index contributed by atoms with van der Waals surface area (Å²) in [6.45, 7) is 1.25. The fourth-order valence-electron chi connectivity index (χ4n) is 3.80. The molecule has 29 heavy (non-hydrogen) atoms. The number of hydrogen-bond acceptors (Lipinski definition) is 5. The molecule has 2 heterocycles. The zero-order valence-corrected chi connectivity index (χ0v) is 16.6. The fraction of sp³-hybridized carbons (Fsp3) is 0.450. The van der Waals surface area contributed by atoms with E-state index >= 15 is 0 Å². The van der Waals surface area contributed by atoms with Crippen LogP contribution in [0, 0.1) is 11.6 Å². The third-order valence-corrected chi connectivity index (χ3v) is 6.17. The Morgan fingerprint density at radius 2 is 2.17 bits per heavy atom. The zero-order valence-electron chi connectivity index (χ0n) is 15.7. The molecule has 1 N–H and O–H groups in total. The summed E-state index contributed by atoms with van der Waals surface area (Å²) in [5, 5.41) is 2.98. The molecule has 1 saturated heterocycles. The molecular formula is C20H21F2N3O3S. The predicted octanol–water partition coefficient (Wildman–Crippen LogP) is 2.92. The maximum Gasteiger partial charge on any atom is 0.348 e. The standard InChI is InChI=1S/C20H21F2N3O3S/c21-12-6-7-16(15(22)9-12)23-18(26)11-29-19-14-4-1-5-17(14)25(20(27)24-19)10-13-3-2-8-28-13/h6-7,9,13H,1-5,8,10-11H2,(H,23,26). The molecular weight excluding hydrogens is 400 g/mol. The highest BCUT2D eigenvalue weighted by Gasteiger charge is 2.25. The predicted molar refractivity (Wildman–Crippen MR) is 105 cm³/mol. The Morgan fingerprint density at radius 3 is 2.93 bits per heavy atom. The van der Waals surface area contributed by atoms with Crippen molar-refractivity contribution in [3.63, 3.8) is 0 Å². The van der Waals surface area contributed by atoms with Crippen molar-refractivity contribution < 1.29 is 18.3 Å². The van der Waals surface area contributed by atoms with Crippen LogP contribution in [0.2, 0.25) is 0 Å². The summed E-state index contributed by atoms with van der Waals surface area (Å²) < 4.78 is 34.0. The number of anilines is 1. The van der Waals surface area contributed by atoms with Gasteiger partial charge in [-0.25, -0.2) is 13.6 Å². The molecule has 2 aromatic rings. The van der Waals surface area contributed by atoms with Gasteiger partial charge in [0.2, 0.25) is 5.91 Å². The molecule has 154 valence electrons. The number of aromatic nitrogens is 2. The van der Waals surface area contributed by atoms with Crippen molar-refractivity contribution in [2.24, 2.45) is 0 Å². The Labute approximate surface area is 170 Å². The Bertz CT molecular complexity index is 990. The highest BCUT2D eigenvalue weighted by molar-refractivity contribution is 8.00. The minimum atomic E-state index is -0.834. The van der Waals surface area contributed by atoms with E-state index in [4.69, 9.17) is 4.74 Å². The topological polar surface area (TPSA) is 73.2 Å². The van der Waals surface area contributed by atoms with E-state index in [2.05, 4.69) is 10.3 Å². The number of carbonyl (C=O) groups is 1. The highest BCUT2D eigenvalue weighted by atomic mass is 32.2. The molecule has 2 aliphatic rings. The van der Waals surface area contributed by atoms with Gasteiger partial charge in [0.15, 0.2) is 0 Å². The normalized spacial score (nSPS) is 18.1. The van der Waals surface area contributed by atoms with Gasteiger partial charge in [-0.15, -0.1) is 0 Å². The third-order valence-electron chi connectivity index (χ3n) is 5.16. The van der Waals surface area contributed by atoms with Gasteiger partial charge >= 0.3 is 5.69 Å². The van der Waals surface area contributed by atoms with Crippen LogP contribution < -0.4 is 11.0 Å². The van der Waals surface area contributed by atoms with Crippen molar-refractivity contribution in [2.75, 3.05) is 17.7 Å². The number of rotatable bonds is 6. The van der Waals surface area contributed by atoms with Gasteiger partial charge in [0.1, 0.15) is 16.7 Å². The molecule has 0 bridgehead atoms. The smallest absolute Gasteiger partial charge is 0.348 e. The minimum Gasteiger partial charge on any atom is -0.376 e. The highest BCUT2D eigenvalue weighted by Crippen LogP contribution is 2.30. The van der Waals surface area contributed by atoms with E-state index in [1.54, 1.807) is 4.57 Å². The average Bonchev–Trinajstić information content (AvgIpc) is 3.36. The Morgan fingerprint density at radius 1 is 1.31 bits per heavy atom. The van der Waals surface area contributed by atoms with E-state index in [-0.39, 0.29) is 23.2 Å². The van der Waals surface area contributed by atoms with Gasteiger partial charge in [0, 0.05) is 23.9 Å². The lowest BCUT2D eigenvalue weighted by molar-refractivity contribution is -0.113. The summed E-state index contributed by atoms with van der Waals surface area (Å²) >= 11 is 1.16. The first-order valence-electron chi connectivity index (χ1n) is 9.63. The van der Waals surface area contributed by atoms with Crippen LogP contribution in [0.5, 0.6) is 0 Å². The lowest BCUT2D eigenvalue weighted by Gasteiger charge is -2.17. The summed E-state index contributed by atoms with van der Waals surface area (Å²) in [4.78, 5) is 29.0. The maximum atomic E-state index is 13.7. The molecule has 4 rings (SSSR count). The van der Waals surface area contributed by atoms with Gasteiger partial charge in [0.05, 0.1) is 24.1 Å². The second kappa shape index (κ2) is 8.62. The zero-order chi connectivity index (χ0) is 20.4. The lowest BCUT2D eigenvalue weighted by atomic mass is 10.2. The quantitative estimate of drug-likeness (QED) is 0.574. The van der Waals surface area contributed by atoms with Crippen LogP contribution in [0.1, 0.15) is 30.5 Å². The summed E-state index contributed by atoms with van der Waals surface area (Å²) in [5.74, 6) is -2.01. The largest absolute Gasteiger partial charge is 0.376 e. The number of benzene rings is 1. The molecule has 6 nitrogen and oxygen atoms in total. The van der Waals surface area contributed by atoms with Crippen LogP contribution in [-0.4, -0.2) is 33.9 Å². The number of fused-ring (bicyclic) bond motifs is 1. The molecule has 0 radical (unpaired) electrons. The molecule has 1 fully saturated rings. The molecule has 1 aliphatic carbocycles. The number of nitrogens with zero attached hydrogens (tertiary/aromatic N) is 2. The summed E-state index contributed by atoms with van der Waals surface area (Å²) in [7, 11) is 0. The van der Waals surface area contributed by atoms with Gasteiger partial charge in [-0.2, -0.15) is 4.98 Å². The Hall–Kier alpha value is -2.26. The number of ether oxygens (including phenoxy) is 1. The van der Waals surface area contributed by atoms with Crippen molar-refractivity contribution in [1.82, 2.24) is 9.55 Å². The minimum absolute atomic E-state index is 0.0224. The molecule has 1 aromatic carbocycles. The molecule has 0 saturated carbocycles. The van der Waals surface area contributed by atoms with Crippen LogP contribution in [0.15, 0.2) is 28.0 Å². The van der Waals surface area contributed by atoms with E-state index in [9.17, 15) is 18.4 Å². The number of hydrogen-bond donors (Lipinski definition) is 1. The average molecular weight is 421 g/mol. The first kappa shape index (κ1) is 20.0. The Kier molecular flexibility index (Phi) is 5.96. The monoisotopic (exact) mass is 421 g/mol. The first-order chi connectivity index (χ1) is 14.0. The summed E-state index contributed by atoms with van der Waals surface area (Å²) in [5.41, 5.74) is 1.58. The van der Waals surface area contributed by atoms with Crippen LogP contribution in [0.4, 0.5) is 14.5 Å². The van der Waals surface area contributed by atoms with Crippen molar-refractivity contribution in [3.8, 4) is 0 Å². The van der Waals surface area contributed by atoms with Gasteiger partial charge in [-0.1, -0.05) is 11.8 Å². The van der Waals surface area contributed by atoms with Crippen LogP contribution in [0.3, 0.4) is 0 Å². The molecule has 1 amide bonds. The van der Waals surface area contributed by atoms with Gasteiger partial charge < -0.3 is 10.1 Å². The second-order valence-corrected chi connectivity index (χ2v) is 8.15. The van der Waals surface area contributed by atoms with E-state index < -0.39 is 17.5 Å². The van der Waals surface area contributed by atoms with Gasteiger partial charge in [0.25, 0.3) is 0 Å². The van der Waals surface area contributed by atoms with Crippen molar-refractivity contribution >= 4 is 23.4 Å².